The van der Waals surface area contributed by atoms with Gasteiger partial charge in [-0.1, -0.05) is 29.0 Å². The third-order valence-electron chi connectivity index (χ3n) is 3.51. The first-order valence-electron chi connectivity index (χ1n) is 7.13. The molecular formula is C17H14F2N2OS. The molecule has 0 radical (unpaired) electrons. The molecule has 0 unspecified atom stereocenters. The highest BCUT2D eigenvalue weighted by atomic mass is 32.1. The van der Waals surface area contributed by atoms with Gasteiger partial charge in [-0.2, -0.15) is 4.99 Å². The number of amides is 1. The maximum absolute atomic E-state index is 14.0. The summed E-state index contributed by atoms with van der Waals surface area (Å²) in [4.78, 5) is 16.7. The zero-order chi connectivity index (χ0) is 16.6. The van der Waals surface area contributed by atoms with Crippen LogP contribution < -0.4 is 4.80 Å². The predicted molar refractivity (Wildman–Crippen MR) is 86.5 cm³/mol. The molecule has 0 aliphatic heterocycles. The number of carbonyl (C=O) groups excluding carboxylic acids is 1. The minimum absolute atomic E-state index is 0.273. The second kappa shape index (κ2) is 6.04. The Morgan fingerprint density at radius 2 is 1.91 bits per heavy atom. The van der Waals surface area contributed by atoms with Crippen LogP contribution in [-0.4, -0.2) is 10.5 Å². The topological polar surface area (TPSA) is 34.4 Å². The molecule has 3 rings (SSSR count). The van der Waals surface area contributed by atoms with E-state index in [1.54, 1.807) is 16.7 Å². The normalized spacial score (nSPS) is 12.1. The minimum Gasteiger partial charge on any atom is -0.314 e. The van der Waals surface area contributed by atoms with Crippen LogP contribution in [0, 0.1) is 18.6 Å². The van der Waals surface area contributed by atoms with E-state index in [-0.39, 0.29) is 5.52 Å². The van der Waals surface area contributed by atoms with Crippen molar-refractivity contribution in [2.45, 2.75) is 20.4 Å². The largest absolute Gasteiger partial charge is 0.314 e. The summed E-state index contributed by atoms with van der Waals surface area (Å²) in [7, 11) is 0. The molecule has 0 aliphatic rings. The monoisotopic (exact) mass is 332 g/mol. The van der Waals surface area contributed by atoms with Crippen molar-refractivity contribution in [3.63, 3.8) is 0 Å². The molecule has 3 nitrogen and oxygen atoms in total. The molecule has 1 heterocycles. The number of aromatic nitrogens is 1. The fourth-order valence-electron chi connectivity index (χ4n) is 2.36. The number of nitrogens with zero attached hydrogens (tertiary/aromatic N) is 2. The van der Waals surface area contributed by atoms with E-state index in [0.717, 1.165) is 23.0 Å². The van der Waals surface area contributed by atoms with Gasteiger partial charge in [0.1, 0.15) is 5.82 Å². The molecule has 0 spiro atoms. The van der Waals surface area contributed by atoms with Crippen molar-refractivity contribution < 1.29 is 13.6 Å². The van der Waals surface area contributed by atoms with E-state index in [1.807, 2.05) is 26.0 Å². The van der Waals surface area contributed by atoms with Crippen molar-refractivity contribution in [2.24, 2.45) is 4.99 Å². The summed E-state index contributed by atoms with van der Waals surface area (Å²) < 4.78 is 29.4. The van der Waals surface area contributed by atoms with Crippen LogP contribution in [0.3, 0.4) is 0 Å². The van der Waals surface area contributed by atoms with Gasteiger partial charge in [0.2, 0.25) is 0 Å². The summed E-state index contributed by atoms with van der Waals surface area (Å²) in [5.41, 5.74) is 1.78. The lowest BCUT2D eigenvalue weighted by Gasteiger charge is -2.01. The van der Waals surface area contributed by atoms with E-state index in [4.69, 9.17) is 0 Å². The summed E-state index contributed by atoms with van der Waals surface area (Å²) in [5, 5.41) is 0. The Balaban J connectivity index is 2.17. The van der Waals surface area contributed by atoms with Gasteiger partial charge >= 0.3 is 0 Å². The highest BCUT2D eigenvalue weighted by molar-refractivity contribution is 7.16. The van der Waals surface area contributed by atoms with Crippen molar-refractivity contribution in [3.05, 3.63) is 64.0 Å². The van der Waals surface area contributed by atoms with Crippen LogP contribution in [0.1, 0.15) is 22.8 Å². The number of halogens is 2. The molecule has 0 fully saturated rings. The van der Waals surface area contributed by atoms with E-state index in [9.17, 15) is 13.6 Å². The van der Waals surface area contributed by atoms with Crippen LogP contribution in [-0.2, 0) is 6.54 Å². The summed E-state index contributed by atoms with van der Waals surface area (Å²) in [6, 6.07) is 9.15. The fourth-order valence-corrected chi connectivity index (χ4v) is 3.49. The Hall–Kier alpha value is -2.34. The Morgan fingerprint density at radius 1 is 1.22 bits per heavy atom. The second-order valence-electron chi connectivity index (χ2n) is 5.15. The highest BCUT2D eigenvalue weighted by Crippen LogP contribution is 2.22. The molecule has 0 N–H and O–H groups in total. The number of carbonyl (C=O) groups is 1. The lowest BCUT2D eigenvalue weighted by atomic mass is 10.1. The molecule has 6 heteroatoms. The summed E-state index contributed by atoms with van der Waals surface area (Å²) in [6.07, 6.45) is 0. The molecule has 0 aliphatic carbocycles. The molecule has 1 aromatic heterocycles. The van der Waals surface area contributed by atoms with Gasteiger partial charge in [0.25, 0.3) is 5.91 Å². The first-order valence-corrected chi connectivity index (χ1v) is 7.95. The Bertz CT molecular complexity index is 955. The second-order valence-corrected chi connectivity index (χ2v) is 6.16. The maximum Gasteiger partial charge on any atom is 0.279 e. The summed E-state index contributed by atoms with van der Waals surface area (Å²) in [5.74, 6) is -1.70. The Labute approximate surface area is 135 Å². The van der Waals surface area contributed by atoms with Gasteiger partial charge in [-0.05, 0) is 32.0 Å². The number of aryl methyl sites for hydroxylation is 2. The number of benzene rings is 2. The van der Waals surface area contributed by atoms with Gasteiger partial charge in [0, 0.05) is 18.2 Å². The minimum atomic E-state index is -0.651. The molecule has 0 saturated carbocycles. The Morgan fingerprint density at radius 3 is 2.57 bits per heavy atom. The molecule has 118 valence electrons. The highest BCUT2D eigenvalue weighted by Gasteiger charge is 2.13. The van der Waals surface area contributed by atoms with Gasteiger partial charge < -0.3 is 4.57 Å². The molecule has 0 saturated heterocycles. The smallest absolute Gasteiger partial charge is 0.279 e. The zero-order valence-corrected chi connectivity index (χ0v) is 13.5. The van der Waals surface area contributed by atoms with Crippen LogP contribution in [0.4, 0.5) is 8.78 Å². The molecule has 23 heavy (non-hydrogen) atoms. The average Bonchev–Trinajstić information content (AvgIpc) is 2.85. The van der Waals surface area contributed by atoms with Gasteiger partial charge in [0.15, 0.2) is 10.6 Å². The van der Waals surface area contributed by atoms with Crippen molar-refractivity contribution in [1.82, 2.24) is 4.57 Å². The van der Waals surface area contributed by atoms with Crippen molar-refractivity contribution in [1.29, 1.82) is 0 Å². The first-order chi connectivity index (χ1) is 11.0. The first kappa shape index (κ1) is 15.6. The van der Waals surface area contributed by atoms with E-state index >= 15 is 0 Å². The van der Waals surface area contributed by atoms with E-state index < -0.39 is 17.5 Å². The SMILES string of the molecule is CCn1c(=NC(=O)c2ccc(C)cc2)sc2cc(F)cc(F)c21. The van der Waals surface area contributed by atoms with Crippen LogP contribution in [0.15, 0.2) is 41.4 Å². The number of thiazole rings is 1. The number of rotatable bonds is 2. The molecular weight excluding hydrogens is 318 g/mol. The van der Waals surface area contributed by atoms with Gasteiger partial charge in [-0.25, -0.2) is 8.78 Å². The van der Waals surface area contributed by atoms with E-state index in [0.29, 0.717) is 21.6 Å². The quantitative estimate of drug-likeness (QED) is 0.697. The number of fused-ring (bicyclic) bond motifs is 1. The van der Waals surface area contributed by atoms with Gasteiger partial charge in [-0.15, -0.1) is 0 Å². The molecule has 3 aromatic rings. The van der Waals surface area contributed by atoms with Gasteiger partial charge in [0.05, 0.1) is 10.2 Å². The Kier molecular flexibility index (Phi) is 4.09. The molecule has 2 aromatic carbocycles. The standard InChI is InChI=1S/C17H14F2N2OS/c1-3-21-15-13(19)8-12(18)9-14(15)23-17(21)20-16(22)11-6-4-10(2)5-7-11/h4-9H,3H2,1-2H3. The lowest BCUT2D eigenvalue weighted by Crippen LogP contribution is -2.16. The summed E-state index contributed by atoms with van der Waals surface area (Å²) >= 11 is 1.10. The third kappa shape index (κ3) is 2.94. The molecule has 0 atom stereocenters. The predicted octanol–water partition coefficient (Wildman–Crippen LogP) is 4.05. The zero-order valence-electron chi connectivity index (χ0n) is 12.6. The summed E-state index contributed by atoms with van der Waals surface area (Å²) in [6.45, 7) is 4.19. The lowest BCUT2D eigenvalue weighted by molar-refractivity contribution is 0.0998. The van der Waals surface area contributed by atoms with Crippen LogP contribution in [0.25, 0.3) is 10.2 Å². The average molecular weight is 332 g/mol. The van der Waals surface area contributed by atoms with Crippen LogP contribution >= 0.6 is 11.3 Å². The maximum atomic E-state index is 14.0. The van der Waals surface area contributed by atoms with Crippen molar-refractivity contribution in [2.75, 3.05) is 0 Å². The van der Waals surface area contributed by atoms with Crippen molar-refractivity contribution >= 4 is 27.5 Å². The molecule has 1 amide bonds. The van der Waals surface area contributed by atoms with Crippen LogP contribution in [0.5, 0.6) is 0 Å². The molecule has 0 bridgehead atoms. The number of hydrogen-bond acceptors (Lipinski definition) is 2. The van der Waals surface area contributed by atoms with Crippen LogP contribution in [0.2, 0.25) is 0 Å². The van der Waals surface area contributed by atoms with Crippen molar-refractivity contribution in [3.8, 4) is 0 Å². The van der Waals surface area contributed by atoms with Gasteiger partial charge in [-0.3, -0.25) is 4.79 Å². The number of hydrogen-bond donors (Lipinski definition) is 0. The van der Waals surface area contributed by atoms with E-state index in [2.05, 4.69) is 4.99 Å². The van der Waals surface area contributed by atoms with E-state index in [1.165, 1.54) is 6.07 Å². The fraction of sp³-hybridized carbons (Fsp3) is 0.176. The third-order valence-corrected chi connectivity index (χ3v) is 4.53.